The number of hydrogen-bond donors (Lipinski definition) is 0. The van der Waals surface area contributed by atoms with E-state index >= 15 is 0 Å². The standard InChI is InChI=1S/C23H25NO5/c1-14-10-20(16(3)28-14)22(25)12-24(18-6-8-19(27-5)9-7-18)13-23(26)21-11-15(2)29-17(21)4/h6-11H,12-13H2,1-5H3. The lowest BCUT2D eigenvalue weighted by atomic mass is 10.1. The Balaban J connectivity index is 1.88. The zero-order valence-corrected chi connectivity index (χ0v) is 17.4. The molecule has 2 heterocycles. The van der Waals surface area contributed by atoms with Crippen LogP contribution in [-0.4, -0.2) is 31.8 Å². The van der Waals surface area contributed by atoms with Crippen LogP contribution in [0.2, 0.25) is 0 Å². The molecular weight excluding hydrogens is 370 g/mol. The van der Waals surface area contributed by atoms with E-state index in [0.29, 0.717) is 39.9 Å². The largest absolute Gasteiger partial charge is 0.497 e. The third-order valence-electron chi connectivity index (χ3n) is 4.79. The molecule has 0 bridgehead atoms. The van der Waals surface area contributed by atoms with Gasteiger partial charge < -0.3 is 18.5 Å². The first-order chi connectivity index (χ1) is 13.8. The van der Waals surface area contributed by atoms with E-state index in [4.69, 9.17) is 13.6 Å². The van der Waals surface area contributed by atoms with Crippen molar-refractivity contribution in [1.29, 1.82) is 0 Å². The molecular formula is C23H25NO5. The number of benzene rings is 1. The third-order valence-corrected chi connectivity index (χ3v) is 4.79. The molecule has 0 spiro atoms. The summed E-state index contributed by atoms with van der Waals surface area (Å²) in [5.74, 6) is 3.01. The van der Waals surface area contributed by atoms with Crippen molar-refractivity contribution in [1.82, 2.24) is 0 Å². The number of carbonyl (C=O) groups is 2. The minimum Gasteiger partial charge on any atom is -0.497 e. The van der Waals surface area contributed by atoms with Crippen LogP contribution in [0, 0.1) is 27.7 Å². The highest BCUT2D eigenvalue weighted by Gasteiger charge is 2.22. The molecule has 0 aliphatic rings. The highest BCUT2D eigenvalue weighted by molar-refractivity contribution is 6.03. The maximum atomic E-state index is 12.9. The summed E-state index contributed by atoms with van der Waals surface area (Å²) in [5, 5.41) is 0. The molecule has 0 aliphatic carbocycles. The predicted octanol–water partition coefficient (Wildman–Crippen LogP) is 4.69. The molecule has 0 radical (unpaired) electrons. The van der Waals surface area contributed by atoms with Crippen LogP contribution < -0.4 is 9.64 Å². The third kappa shape index (κ3) is 4.59. The fourth-order valence-electron chi connectivity index (χ4n) is 3.36. The summed E-state index contributed by atoms with van der Waals surface area (Å²) in [5.41, 5.74) is 1.82. The van der Waals surface area contributed by atoms with Crippen molar-refractivity contribution < 1.29 is 23.2 Å². The van der Waals surface area contributed by atoms with Gasteiger partial charge in [-0.3, -0.25) is 9.59 Å². The molecule has 0 aliphatic heterocycles. The van der Waals surface area contributed by atoms with E-state index in [0.717, 1.165) is 5.69 Å². The van der Waals surface area contributed by atoms with Gasteiger partial charge >= 0.3 is 0 Å². The van der Waals surface area contributed by atoms with Crippen molar-refractivity contribution in [3.05, 3.63) is 70.6 Å². The van der Waals surface area contributed by atoms with Gasteiger partial charge in [0.2, 0.25) is 0 Å². The van der Waals surface area contributed by atoms with Crippen LogP contribution >= 0.6 is 0 Å². The summed E-state index contributed by atoms with van der Waals surface area (Å²) in [6.07, 6.45) is 0. The van der Waals surface area contributed by atoms with Gasteiger partial charge in [-0.05, 0) is 64.1 Å². The Morgan fingerprint density at radius 2 is 1.28 bits per heavy atom. The van der Waals surface area contributed by atoms with E-state index in [-0.39, 0.29) is 24.7 Å². The summed E-state index contributed by atoms with van der Waals surface area (Å²) in [4.78, 5) is 27.6. The number of carbonyl (C=O) groups excluding carboxylic acids is 2. The Morgan fingerprint density at radius 1 is 0.828 bits per heavy atom. The topological polar surface area (TPSA) is 72.9 Å². The molecule has 0 atom stereocenters. The Morgan fingerprint density at radius 3 is 1.62 bits per heavy atom. The van der Waals surface area contributed by atoms with Crippen molar-refractivity contribution in [3.63, 3.8) is 0 Å². The Labute approximate surface area is 170 Å². The van der Waals surface area contributed by atoms with Crippen LogP contribution in [0.1, 0.15) is 43.8 Å². The minimum atomic E-state index is -0.108. The second kappa shape index (κ2) is 8.39. The van der Waals surface area contributed by atoms with Crippen LogP contribution in [-0.2, 0) is 0 Å². The van der Waals surface area contributed by atoms with E-state index in [1.165, 1.54) is 0 Å². The number of anilines is 1. The molecule has 2 aromatic heterocycles. The molecule has 0 N–H and O–H groups in total. The van der Waals surface area contributed by atoms with Gasteiger partial charge in [0.15, 0.2) is 11.6 Å². The van der Waals surface area contributed by atoms with Crippen LogP contribution in [0.15, 0.2) is 45.2 Å². The fourth-order valence-corrected chi connectivity index (χ4v) is 3.36. The SMILES string of the molecule is COc1ccc(N(CC(=O)c2cc(C)oc2C)CC(=O)c2cc(C)oc2C)cc1. The van der Waals surface area contributed by atoms with Crippen LogP contribution in [0.25, 0.3) is 0 Å². The van der Waals surface area contributed by atoms with Gasteiger partial charge in [-0.2, -0.15) is 0 Å². The summed E-state index contributed by atoms with van der Waals surface area (Å²) < 4.78 is 16.2. The van der Waals surface area contributed by atoms with Gasteiger partial charge in [-0.25, -0.2) is 0 Å². The number of methoxy groups -OCH3 is 1. The molecule has 3 rings (SSSR count). The van der Waals surface area contributed by atoms with Gasteiger partial charge in [0.25, 0.3) is 0 Å². The molecule has 6 nitrogen and oxygen atoms in total. The zero-order valence-electron chi connectivity index (χ0n) is 17.4. The average molecular weight is 395 g/mol. The van der Waals surface area contributed by atoms with Gasteiger partial charge in [0.05, 0.1) is 31.3 Å². The lowest BCUT2D eigenvalue weighted by Gasteiger charge is -2.23. The summed E-state index contributed by atoms with van der Waals surface area (Å²) in [6.45, 7) is 7.24. The molecule has 29 heavy (non-hydrogen) atoms. The Bertz CT molecular complexity index is 966. The van der Waals surface area contributed by atoms with Crippen molar-refractivity contribution in [2.24, 2.45) is 0 Å². The average Bonchev–Trinajstić information content (AvgIpc) is 3.21. The molecule has 0 unspecified atom stereocenters. The maximum Gasteiger partial charge on any atom is 0.185 e. The predicted molar refractivity (Wildman–Crippen MR) is 110 cm³/mol. The zero-order chi connectivity index (χ0) is 21.1. The van der Waals surface area contributed by atoms with Gasteiger partial charge in [-0.15, -0.1) is 0 Å². The van der Waals surface area contributed by atoms with Gasteiger partial charge in [0, 0.05) is 5.69 Å². The van der Waals surface area contributed by atoms with Gasteiger partial charge in [0.1, 0.15) is 28.8 Å². The molecule has 0 saturated heterocycles. The Hall–Kier alpha value is -3.28. The van der Waals surface area contributed by atoms with E-state index in [1.54, 1.807) is 64.0 Å². The summed E-state index contributed by atoms with van der Waals surface area (Å²) in [6, 6.07) is 10.7. The van der Waals surface area contributed by atoms with Crippen molar-refractivity contribution in [2.75, 3.05) is 25.1 Å². The van der Waals surface area contributed by atoms with Crippen LogP contribution in [0.3, 0.4) is 0 Å². The number of ether oxygens (including phenoxy) is 1. The highest BCUT2D eigenvalue weighted by Crippen LogP contribution is 2.23. The Kier molecular flexibility index (Phi) is 5.92. The second-order valence-electron chi connectivity index (χ2n) is 7.05. The van der Waals surface area contributed by atoms with E-state index in [9.17, 15) is 9.59 Å². The van der Waals surface area contributed by atoms with Crippen molar-refractivity contribution >= 4 is 17.3 Å². The summed E-state index contributed by atoms with van der Waals surface area (Å²) in [7, 11) is 1.59. The number of rotatable bonds is 8. The molecule has 152 valence electrons. The summed E-state index contributed by atoms with van der Waals surface area (Å²) >= 11 is 0. The number of aryl methyl sites for hydroxylation is 4. The smallest absolute Gasteiger partial charge is 0.185 e. The first kappa shape index (κ1) is 20.5. The molecule has 0 saturated carbocycles. The van der Waals surface area contributed by atoms with E-state index in [2.05, 4.69) is 0 Å². The van der Waals surface area contributed by atoms with E-state index < -0.39 is 0 Å². The lowest BCUT2D eigenvalue weighted by molar-refractivity contribution is 0.0983. The first-order valence-corrected chi connectivity index (χ1v) is 9.38. The quantitative estimate of drug-likeness (QED) is 0.515. The normalized spacial score (nSPS) is 10.8. The molecule has 0 amide bonds. The monoisotopic (exact) mass is 395 g/mol. The first-order valence-electron chi connectivity index (χ1n) is 9.38. The number of hydrogen-bond acceptors (Lipinski definition) is 6. The molecule has 6 heteroatoms. The van der Waals surface area contributed by atoms with Crippen LogP contribution in [0.5, 0.6) is 5.75 Å². The lowest BCUT2D eigenvalue weighted by Crippen LogP contribution is -2.35. The van der Waals surface area contributed by atoms with Crippen molar-refractivity contribution in [2.45, 2.75) is 27.7 Å². The maximum absolute atomic E-state index is 12.9. The molecule has 3 aromatic rings. The van der Waals surface area contributed by atoms with Crippen molar-refractivity contribution in [3.8, 4) is 5.75 Å². The van der Waals surface area contributed by atoms with E-state index in [1.807, 2.05) is 12.1 Å². The fraction of sp³-hybridized carbons (Fsp3) is 0.304. The second-order valence-corrected chi connectivity index (χ2v) is 7.05. The van der Waals surface area contributed by atoms with Gasteiger partial charge in [-0.1, -0.05) is 0 Å². The number of furan rings is 2. The number of ketones is 2. The highest BCUT2D eigenvalue weighted by atomic mass is 16.5. The molecule has 1 aromatic carbocycles. The number of nitrogens with zero attached hydrogens (tertiary/aromatic N) is 1. The van der Waals surface area contributed by atoms with Crippen LogP contribution in [0.4, 0.5) is 5.69 Å². The molecule has 0 fully saturated rings. The minimum absolute atomic E-state index is 0.0494. The number of Topliss-reactive ketones (excluding diaryl/α,β-unsaturated/α-hetero) is 2.